The Morgan fingerprint density at radius 2 is 2.00 bits per heavy atom. The number of amides is 2. The van der Waals surface area contributed by atoms with Gasteiger partial charge in [0.15, 0.2) is 0 Å². The predicted molar refractivity (Wildman–Crippen MR) is 56.4 cm³/mol. The highest BCUT2D eigenvalue weighted by molar-refractivity contribution is 6.03. The molecule has 1 aliphatic heterocycles. The molecule has 0 radical (unpaired) electrons. The molecule has 1 aromatic rings. The summed E-state index contributed by atoms with van der Waals surface area (Å²) < 4.78 is 37.5. The fraction of sp³-hybridized carbons (Fsp3) is 0.333. The van der Waals surface area contributed by atoms with Crippen LogP contribution in [0.15, 0.2) is 24.3 Å². The van der Waals surface area contributed by atoms with Gasteiger partial charge >= 0.3 is 6.18 Å². The second-order valence-corrected chi connectivity index (χ2v) is 4.22. The van der Waals surface area contributed by atoms with Crippen LogP contribution in [0, 0.1) is 5.92 Å². The topological polar surface area (TPSA) is 46.2 Å². The number of hydrogen-bond donors (Lipinski definition) is 1. The van der Waals surface area contributed by atoms with E-state index < -0.39 is 23.6 Å². The van der Waals surface area contributed by atoms with E-state index in [-0.39, 0.29) is 18.7 Å². The summed E-state index contributed by atoms with van der Waals surface area (Å²) in [6, 6.07) is 4.80. The molecule has 1 aliphatic rings. The Kier molecular flexibility index (Phi) is 3.11. The second kappa shape index (κ2) is 4.44. The maximum atomic E-state index is 12.5. The van der Waals surface area contributed by atoms with Crippen molar-refractivity contribution in [3.8, 4) is 0 Å². The van der Waals surface area contributed by atoms with Crippen molar-refractivity contribution in [2.75, 3.05) is 0 Å². The number of imide groups is 1. The number of carbonyl (C=O) groups is 2. The minimum Gasteiger partial charge on any atom is -0.296 e. The quantitative estimate of drug-likeness (QED) is 0.823. The molecule has 6 heteroatoms. The predicted octanol–water partition coefficient (Wildman–Crippen LogP) is 1.91. The van der Waals surface area contributed by atoms with Crippen LogP contribution in [0.2, 0.25) is 0 Å². The third kappa shape index (κ3) is 2.69. The van der Waals surface area contributed by atoms with Gasteiger partial charge in [0.2, 0.25) is 11.8 Å². The van der Waals surface area contributed by atoms with E-state index in [4.69, 9.17) is 0 Å². The Hall–Kier alpha value is -1.85. The maximum Gasteiger partial charge on any atom is 0.416 e. The summed E-state index contributed by atoms with van der Waals surface area (Å²) in [7, 11) is 0. The molecule has 1 atom stereocenters. The van der Waals surface area contributed by atoms with Gasteiger partial charge in [0.1, 0.15) is 0 Å². The molecule has 1 saturated heterocycles. The first-order chi connectivity index (χ1) is 8.36. The SMILES string of the molecule is O=C1CC(Cc2cccc(C(F)(F)F)c2)C(=O)N1. The van der Waals surface area contributed by atoms with Gasteiger partial charge in [0.25, 0.3) is 0 Å². The van der Waals surface area contributed by atoms with Gasteiger partial charge in [0.05, 0.1) is 11.5 Å². The maximum absolute atomic E-state index is 12.5. The lowest BCUT2D eigenvalue weighted by Crippen LogP contribution is -2.22. The first-order valence-corrected chi connectivity index (χ1v) is 5.36. The molecule has 0 saturated carbocycles. The van der Waals surface area contributed by atoms with Crippen LogP contribution in [0.5, 0.6) is 0 Å². The van der Waals surface area contributed by atoms with Crippen LogP contribution >= 0.6 is 0 Å². The van der Waals surface area contributed by atoms with Gasteiger partial charge < -0.3 is 0 Å². The highest BCUT2D eigenvalue weighted by Crippen LogP contribution is 2.30. The summed E-state index contributed by atoms with van der Waals surface area (Å²) in [6.07, 6.45) is -4.22. The average Bonchev–Trinajstić information content (AvgIpc) is 2.56. The van der Waals surface area contributed by atoms with Crippen LogP contribution in [0.25, 0.3) is 0 Å². The zero-order valence-corrected chi connectivity index (χ0v) is 9.25. The molecule has 1 unspecified atom stereocenters. The Bertz CT molecular complexity index is 496. The van der Waals surface area contributed by atoms with Crippen molar-refractivity contribution in [2.45, 2.75) is 19.0 Å². The van der Waals surface area contributed by atoms with Gasteiger partial charge in [-0.1, -0.05) is 18.2 Å². The van der Waals surface area contributed by atoms with E-state index in [0.717, 1.165) is 12.1 Å². The summed E-state index contributed by atoms with van der Waals surface area (Å²) in [5.74, 6) is -1.37. The summed E-state index contributed by atoms with van der Waals surface area (Å²) in [4.78, 5) is 22.3. The highest BCUT2D eigenvalue weighted by Gasteiger charge is 2.33. The second-order valence-electron chi connectivity index (χ2n) is 4.22. The fourth-order valence-electron chi connectivity index (χ4n) is 1.93. The molecule has 0 bridgehead atoms. The highest BCUT2D eigenvalue weighted by atomic mass is 19.4. The number of rotatable bonds is 2. The minimum absolute atomic E-state index is 0.0368. The van der Waals surface area contributed by atoms with E-state index in [1.54, 1.807) is 0 Å². The molecule has 2 rings (SSSR count). The normalized spacial score (nSPS) is 20.1. The molecule has 1 fully saturated rings. The first-order valence-electron chi connectivity index (χ1n) is 5.36. The van der Waals surface area contributed by atoms with Gasteiger partial charge in [-0.2, -0.15) is 13.2 Å². The molecule has 0 spiro atoms. The van der Waals surface area contributed by atoms with Gasteiger partial charge in [-0.3, -0.25) is 14.9 Å². The van der Waals surface area contributed by atoms with E-state index in [0.29, 0.717) is 5.56 Å². The lowest BCUT2D eigenvalue weighted by molar-refractivity contribution is -0.137. The van der Waals surface area contributed by atoms with Gasteiger partial charge in [-0.05, 0) is 18.1 Å². The molecule has 0 aromatic heterocycles. The largest absolute Gasteiger partial charge is 0.416 e. The van der Waals surface area contributed by atoms with Crippen molar-refractivity contribution in [2.24, 2.45) is 5.92 Å². The van der Waals surface area contributed by atoms with Crippen molar-refractivity contribution < 1.29 is 22.8 Å². The molecule has 1 N–H and O–H groups in total. The van der Waals surface area contributed by atoms with E-state index >= 15 is 0 Å². The van der Waals surface area contributed by atoms with Crippen LogP contribution in [-0.4, -0.2) is 11.8 Å². The summed E-state index contributed by atoms with van der Waals surface area (Å²) >= 11 is 0. The average molecular weight is 257 g/mol. The zero-order valence-electron chi connectivity index (χ0n) is 9.25. The van der Waals surface area contributed by atoms with Crippen LogP contribution < -0.4 is 5.32 Å². The van der Waals surface area contributed by atoms with Crippen molar-refractivity contribution in [3.63, 3.8) is 0 Å². The van der Waals surface area contributed by atoms with Gasteiger partial charge in [-0.15, -0.1) is 0 Å². The van der Waals surface area contributed by atoms with Crippen LogP contribution in [0.3, 0.4) is 0 Å². The molecular weight excluding hydrogens is 247 g/mol. The molecule has 2 amide bonds. The minimum atomic E-state index is -4.40. The summed E-state index contributed by atoms with van der Waals surface area (Å²) in [5, 5.41) is 2.13. The summed E-state index contributed by atoms with van der Waals surface area (Å²) in [5.41, 5.74) is -0.343. The van der Waals surface area contributed by atoms with E-state index in [1.165, 1.54) is 12.1 Å². The lowest BCUT2D eigenvalue weighted by Gasteiger charge is -2.10. The number of halogens is 3. The number of hydrogen-bond acceptors (Lipinski definition) is 2. The smallest absolute Gasteiger partial charge is 0.296 e. The molecule has 96 valence electrons. The number of benzene rings is 1. The van der Waals surface area contributed by atoms with Crippen molar-refractivity contribution in [1.82, 2.24) is 5.32 Å². The van der Waals surface area contributed by atoms with Crippen LogP contribution in [0.4, 0.5) is 13.2 Å². The van der Waals surface area contributed by atoms with E-state index in [2.05, 4.69) is 5.32 Å². The fourth-order valence-corrected chi connectivity index (χ4v) is 1.93. The van der Waals surface area contributed by atoms with Gasteiger partial charge in [-0.25, -0.2) is 0 Å². The summed E-state index contributed by atoms with van der Waals surface area (Å²) in [6.45, 7) is 0. The van der Waals surface area contributed by atoms with Gasteiger partial charge in [0, 0.05) is 6.42 Å². The monoisotopic (exact) mass is 257 g/mol. The molecular formula is C12H10F3NO2. The zero-order chi connectivity index (χ0) is 13.3. The number of alkyl halides is 3. The van der Waals surface area contributed by atoms with Crippen molar-refractivity contribution in [3.05, 3.63) is 35.4 Å². The number of nitrogens with one attached hydrogen (secondary N) is 1. The van der Waals surface area contributed by atoms with Crippen molar-refractivity contribution in [1.29, 1.82) is 0 Å². The Balaban J connectivity index is 2.15. The lowest BCUT2D eigenvalue weighted by atomic mass is 9.96. The molecule has 1 aromatic carbocycles. The molecule has 3 nitrogen and oxygen atoms in total. The third-order valence-corrected chi connectivity index (χ3v) is 2.80. The first kappa shape index (κ1) is 12.6. The molecule has 18 heavy (non-hydrogen) atoms. The Labute approximate surface area is 101 Å². The molecule has 0 aliphatic carbocycles. The van der Waals surface area contributed by atoms with E-state index in [9.17, 15) is 22.8 Å². The molecule has 1 heterocycles. The Morgan fingerprint density at radius 3 is 2.56 bits per heavy atom. The standard InChI is InChI=1S/C12H10F3NO2/c13-12(14,15)9-3-1-2-7(5-9)4-8-6-10(17)16-11(8)18/h1-3,5,8H,4,6H2,(H,16,17,18). The van der Waals surface area contributed by atoms with E-state index in [1.807, 2.05) is 0 Å². The van der Waals surface area contributed by atoms with Crippen LogP contribution in [-0.2, 0) is 22.2 Å². The Morgan fingerprint density at radius 1 is 1.28 bits per heavy atom. The van der Waals surface area contributed by atoms with Crippen LogP contribution in [0.1, 0.15) is 17.5 Å². The number of carbonyl (C=O) groups excluding carboxylic acids is 2. The third-order valence-electron chi connectivity index (χ3n) is 2.80. The van der Waals surface area contributed by atoms with Crippen molar-refractivity contribution >= 4 is 11.8 Å².